The standard InChI is InChI=1S/C18H17F5N4O/c19-13-3-4-15(14(20)10-13)25-17(28)27-7-1-6-26(8-9-27)16-5-2-12(11-24-16)18(21,22)23/h2-5,10-11H,1,6-9H2,(H,25,28)/p+1. The van der Waals surface area contributed by atoms with Crippen molar-refractivity contribution in [1.29, 1.82) is 0 Å². The molecule has 28 heavy (non-hydrogen) atoms. The van der Waals surface area contributed by atoms with Gasteiger partial charge in [0, 0.05) is 25.1 Å². The van der Waals surface area contributed by atoms with Gasteiger partial charge in [0.05, 0.1) is 24.3 Å². The number of anilines is 2. The van der Waals surface area contributed by atoms with Gasteiger partial charge in [0.2, 0.25) is 0 Å². The number of rotatable bonds is 2. The normalized spacial score (nSPS) is 15.3. The molecule has 150 valence electrons. The predicted octanol–water partition coefficient (Wildman–Crippen LogP) is 3.54. The zero-order valence-corrected chi connectivity index (χ0v) is 14.7. The lowest BCUT2D eigenvalue weighted by Gasteiger charge is -2.20. The number of alkyl halides is 3. The second-order valence-electron chi connectivity index (χ2n) is 6.34. The number of carbonyl (C=O) groups is 1. The molecule has 1 aliphatic heterocycles. The number of pyridine rings is 1. The van der Waals surface area contributed by atoms with Gasteiger partial charge >= 0.3 is 12.2 Å². The quantitative estimate of drug-likeness (QED) is 0.783. The van der Waals surface area contributed by atoms with Crippen molar-refractivity contribution in [1.82, 2.24) is 4.90 Å². The molecule has 0 atom stereocenters. The van der Waals surface area contributed by atoms with Crippen molar-refractivity contribution in [2.75, 3.05) is 36.4 Å². The third-order valence-electron chi connectivity index (χ3n) is 4.42. The van der Waals surface area contributed by atoms with Gasteiger partial charge in [0.25, 0.3) is 5.82 Å². The Balaban J connectivity index is 1.62. The van der Waals surface area contributed by atoms with Gasteiger partial charge < -0.3 is 10.2 Å². The number of H-pyrrole nitrogens is 1. The first-order valence-corrected chi connectivity index (χ1v) is 8.59. The van der Waals surface area contributed by atoms with Crippen LogP contribution in [0.25, 0.3) is 0 Å². The molecule has 2 amide bonds. The van der Waals surface area contributed by atoms with Gasteiger partial charge in [-0.25, -0.2) is 18.6 Å². The summed E-state index contributed by atoms with van der Waals surface area (Å²) in [6, 6.07) is 4.70. The molecule has 0 radical (unpaired) electrons. The molecule has 1 aromatic heterocycles. The minimum atomic E-state index is -4.42. The third-order valence-corrected chi connectivity index (χ3v) is 4.42. The van der Waals surface area contributed by atoms with Crippen molar-refractivity contribution in [2.24, 2.45) is 0 Å². The van der Waals surface area contributed by atoms with E-state index in [1.807, 2.05) is 4.90 Å². The molecule has 10 heteroatoms. The summed E-state index contributed by atoms with van der Waals surface area (Å²) in [4.78, 5) is 18.3. The molecule has 5 nitrogen and oxygen atoms in total. The number of halogens is 5. The number of hydrogen-bond donors (Lipinski definition) is 1. The molecule has 0 spiro atoms. The lowest BCUT2D eigenvalue weighted by atomic mass is 10.2. The fourth-order valence-electron chi connectivity index (χ4n) is 2.94. The van der Waals surface area contributed by atoms with Crippen LogP contribution in [0.3, 0.4) is 0 Å². The first kappa shape index (κ1) is 19.8. The molecule has 0 saturated carbocycles. The van der Waals surface area contributed by atoms with E-state index >= 15 is 0 Å². The fourth-order valence-corrected chi connectivity index (χ4v) is 2.94. The number of aromatic amines is 1. The van der Waals surface area contributed by atoms with Crippen molar-refractivity contribution < 1.29 is 31.7 Å². The van der Waals surface area contributed by atoms with Crippen molar-refractivity contribution in [3.8, 4) is 0 Å². The molecule has 3 rings (SSSR count). The lowest BCUT2D eigenvalue weighted by molar-refractivity contribution is -0.367. The van der Waals surface area contributed by atoms with Gasteiger partial charge in [0.1, 0.15) is 24.4 Å². The number of carbonyl (C=O) groups excluding carboxylic acids is 1. The summed E-state index contributed by atoms with van der Waals surface area (Å²) in [7, 11) is 0. The summed E-state index contributed by atoms with van der Waals surface area (Å²) < 4.78 is 64.6. The highest BCUT2D eigenvalue weighted by Gasteiger charge is 2.32. The summed E-state index contributed by atoms with van der Waals surface area (Å²) in [5.74, 6) is -1.10. The number of aromatic nitrogens is 1. The van der Waals surface area contributed by atoms with Crippen LogP contribution in [0.1, 0.15) is 12.0 Å². The summed E-state index contributed by atoms with van der Waals surface area (Å²) in [6.07, 6.45) is -2.94. The average molecular weight is 401 g/mol. The first-order valence-electron chi connectivity index (χ1n) is 8.59. The maximum Gasteiger partial charge on any atom is 0.419 e. The number of amides is 2. The fraction of sp³-hybridized carbons (Fsp3) is 0.333. The number of nitrogens with zero attached hydrogens (tertiary/aromatic N) is 2. The molecule has 0 unspecified atom stereocenters. The summed E-state index contributed by atoms with van der Waals surface area (Å²) in [6.45, 7) is 1.62. The van der Waals surface area contributed by atoms with Gasteiger partial charge in [-0.05, 0) is 18.2 Å². The summed E-state index contributed by atoms with van der Waals surface area (Å²) in [5.41, 5.74) is -0.892. The lowest BCUT2D eigenvalue weighted by Crippen LogP contribution is -2.39. The highest BCUT2D eigenvalue weighted by Crippen LogP contribution is 2.28. The largest absolute Gasteiger partial charge is 0.419 e. The Morgan fingerprint density at radius 1 is 1.04 bits per heavy atom. The Bertz CT molecular complexity index is 841. The minimum Gasteiger partial charge on any atom is -0.320 e. The second-order valence-corrected chi connectivity index (χ2v) is 6.34. The van der Waals surface area contributed by atoms with Crippen LogP contribution < -0.4 is 15.2 Å². The van der Waals surface area contributed by atoms with E-state index in [2.05, 4.69) is 10.3 Å². The van der Waals surface area contributed by atoms with Gasteiger partial charge in [-0.2, -0.15) is 13.2 Å². The van der Waals surface area contributed by atoms with Crippen molar-refractivity contribution in [3.05, 3.63) is 53.7 Å². The van der Waals surface area contributed by atoms with Crippen molar-refractivity contribution >= 4 is 17.5 Å². The first-order chi connectivity index (χ1) is 13.2. The van der Waals surface area contributed by atoms with E-state index in [-0.39, 0.29) is 5.69 Å². The number of benzene rings is 1. The molecule has 1 aromatic carbocycles. The molecule has 0 bridgehead atoms. The molecule has 0 aliphatic carbocycles. The Hall–Kier alpha value is -2.91. The van der Waals surface area contributed by atoms with Crippen LogP contribution >= 0.6 is 0 Å². The third kappa shape index (κ3) is 4.68. The van der Waals surface area contributed by atoms with Crippen molar-refractivity contribution in [3.63, 3.8) is 0 Å². The van der Waals surface area contributed by atoms with Crippen LogP contribution in [0.5, 0.6) is 0 Å². The monoisotopic (exact) mass is 401 g/mol. The molecule has 1 aliphatic rings. The molecule has 1 fully saturated rings. The molecule has 2 heterocycles. The minimum absolute atomic E-state index is 0.122. The topological polar surface area (TPSA) is 49.7 Å². The van der Waals surface area contributed by atoms with E-state index < -0.39 is 29.4 Å². The van der Waals surface area contributed by atoms with Crippen LogP contribution in [-0.4, -0.2) is 37.1 Å². The Labute approximate surface area is 157 Å². The van der Waals surface area contributed by atoms with Crippen LogP contribution in [0, 0.1) is 11.6 Å². The highest BCUT2D eigenvalue weighted by atomic mass is 19.4. The van der Waals surface area contributed by atoms with Crippen LogP contribution in [0.4, 0.5) is 38.3 Å². The number of urea groups is 1. The van der Waals surface area contributed by atoms with E-state index in [0.717, 1.165) is 24.4 Å². The molecule has 1 saturated heterocycles. The Morgan fingerprint density at radius 2 is 1.82 bits per heavy atom. The molecular formula is C18H18F5N4O+. The Morgan fingerprint density at radius 3 is 2.46 bits per heavy atom. The molecule has 2 N–H and O–H groups in total. The maximum absolute atomic E-state index is 13.7. The van der Waals surface area contributed by atoms with E-state index in [4.69, 9.17) is 0 Å². The zero-order chi connectivity index (χ0) is 20.3. The van der Waals surface area contributed by atoms with E-state index in [0.29, 0.717) is 44.5 Å². The number of hydrogen-bond acceptors (Lipinski definition) is 2. The van der Waals surface area contributed by atoms with Gasteiger partial charge in [-0.1, -0.05) is 0 Å². The summed E-state index contributed by atoms with van der Waals surface area (Å²) in [5, 5.41) is 2.41. The van der Waals surface area contributed by atoms with Crippen LogP contribution in [0.15, 0.2) is 36.5 Å². The van der Waals surface area contributed by atoms with E-state index in [1.165, 1.54) is 11.0 Å². The van der Waals surface area contributed by atoms with Gasteiger partial charge in [-0.15, -0.1) is 0 Å². The second kappa shape index (κ2) is 7.99. The van der Waals surface area contributed by atoms with Crippen LogP contribution in [-0.2, 0) is 6.18 Å². The Kier molecular flexibility index (Phi) is 5.66. The highest BCUT2D eigenvalue weighted by molar-refractivity contribution is 5.89. The number of nitrogens with one attached hydrogen (secondary N) is 2. The maximum atomic E-state index is 13.7. The average Bonchev–Trinajstić information content (AvgIpc) is 2.90. The predicted molar refractivity (Wildman–Crippen MR) is 91.8 cm³/mol. The summed E-state index contributed by atoms with van der Waals surface area (Å²) >= 11 is 0. The van der Waals surface area contributed by atoms with Crippen molar-refractivity contribution in [2.45, 2.75) is 12.6 Å². The smallest absolute Gasteiger partial charge is 0.320 e. The van der Waals surface area contributed by atoms with E-state index in [1.54, 1.807) is 0 Å². The molecule has 2 aromatic rings. The molecular weight excluding hydrogens is 383 g/mol. The SMILES string of the molecule is O=C(Nc1ccc(F)cc1F)N1CCCN(c2ccc(C(F)(F)F)c[nH+]2)CC1. The van der Waals surface area contributed by atoms with Gasteiger partial charge in [-0.3, -0.25) is 4.90 Å². The van der Waals surface area contributed by atoms with Crippen LogP contribution in [0.2, 0.25) is 0 Å². The van der Waals surface area contributed by atoms with E-state index in [9.17, 15) is 26.7 Å². The van der Waals surface area contributed by atoms with Gasteiger partial charge in [0.15, 0.2) is 0 Å². The zero-order valence-electron chi connectivity index (χ0n) is 14.7.